The van der Waals surface area contributed by atoms with Crippen molar-refractivity contribution in [2.45, 2.75) is 56.7 Å². The highest BCUT2D eigenvalue weighted by Crippen LogP contribution is 2.22. The topological polar surface area (TPSA) is 32.3 Å². The van der Waals surface area contributed by atoms with E-state index in [0.717, 1.165) is 37.4 Å². The Hall–Kier alpha value is -1.00. The van der Waals surface area contributed by atoms with Gasteiger partial charge < -0.3 is 10.2 Å². The summed E-state index contributed by atoms with van der Waals surface area (Å²) in [5.74, 6) is 0.129. The fourth-order valence-corrected chi connectivity index (χ4v) is 3.25. The summed E-state index contributed by atoms with van der Waals surface area (Å²) in [7, 11) is 0. The maximum atomic E-state index is 12.2. The van der Waals surface area contributed by atoms with Gasteiger partial charge in [-0.1, -0.05) is 32.0 Å². The van der Waals surface area contributed by atoms with E-state index in [0.29, 0.717) is 0 Å². The van der Waals surface area contributed by atoms with Crippen LogP contribution < -0.4 is 5.32 Å². The van der Waals surface area contributed by atoms with Gasteiger partial charge in [-0.2, -0.15) is 0 Å². The van der Waals surface area contributed by atoms with Gasteiger partial charge in [0.1, 0.15) is 0 Å². The van der Waals surface area contributed by atoms with E-state index >= 15 is 0 Å². The van der Waals surface area contributed by atoms with Gasteiger partial charge in [0.05, 0.1) is 5.25 Å². The lowest BCUT2D eigenvalue weighted by Gasteiger charge is -2.20. The molecule has 1 aromatic carbocycles. The van der Waals surface area contributed by atoms with Gasteiger partial charge in [0.15, 0.2) is 0 Å². The molecular formula is C18H30N2OS. The third-order valence-corrected chi connectivity index (χ3v) is 4.93. The number of thioether (sulfide) groups is 1. The highest BCUT2D eigenvalue weighted by atomic mass is 32.2. The van der Waals surface area contributed by atoms with E-state index in [-0.39, 0.29) is 17.2 Å². The van der Waals surface area contributed by atoms with Crippen molar-refractivity contribution in [1.82, 2.24) is 10.2 Å². The Morgan fingerprint density at radius 3 is 2.41 bits per heavy atom. The fraction of sp³-hybridized carbons (Fsp3) is 0.611. The van der Waals surface area contributed by atoms with Gasteiger partial charge in [0.2, 0.25) is 5.91 Å². The summed E-state index contributed by atoms with van der Waals surface area (Å²) in [5.41, 5.74) is 0. The molecule has 4 heteroatoms. The number of rotatable bonds is 10. The molecule has 0 aliphatic rings. The average molecular weight is 323 g/mol. The Bertz CT molecular complexity index is 420. The molecular weight excluding hydrogens is 292 g/mol. The minimum Gasteiger partial charge on any atom is -0.353 e. The van der Waals surface area contributed by atoms with Crippen LogP contribution >= 0.6 is 11.8 Å². The zero-order valence-electron chi connectivity index (χ0n) is 14.3. The summed E-state index contributed by atoms with van der Waals surface area (Å²) in [6.45, 7) is 11.8. The lowest BCUT2D eigenvalue weighted by Crippen LogP contribution is -2.38. The summed E-state index contributed by atoms with van der Waals surface area (Å²) in [6.07, 6.45) is 2.16. The summed E-state index contributed by atoms with van der Waals surface area (Å²) in [5, 5.41) is 3.07. The van der Waals surface area contributed by atoms with Gasteiger partial charge in [-0.3, -0.25) is 4.79 Å². The van der Waals surface area contributed by atoms with Gasteiger partial charge in [0.25, 0.3) is 0 Å². The first kappa shape index (κ1) is 19.0. The molecule has 0 heterocycles. The van der Waals surface area contributed by atoms with Crippen LogP contribution in [-0.4, -0.2) is 41.7 Å². The molecule has 0 aromatic heterocycles. The molecule has 0 spiro atoms. The molecule has 1 amide bonds. The number of nitrogens with one attached hydrogen (secondary N) is 1. The summed E-state index contributed by atoms with van der Waals surface area (Å²) >= 11 is 1.61. The van der Waals surface area contributed by atoms with Crippen LogP contribution in [0, 0.1) is 0 Å². The Morgan fingerprint density at radius 1 is 1.18 bits per heavy atom. The largest absolute Gasteiger partial charge is 0.353 e. The van der Waals surface area contributed by atoms with E-state index in [1.807, 2.05) is 37.3 Å². The normalized spacial score (nSPS) is 13.9. The number of hydrogen-bond acceptors (Lipinski definition) is 3. The Balaban J connectivity index is 2.28. The molecule has 0 aliphatic carbocycles. The van der Waals surface area contributed by atoms with Crippen LogP contribution in [0.3, 0.4) is 0 Å². The molecule has 2 atom stereocenters. The summed E-state index contributed by atoms with van der Waals surface area (Å²) in [4.78, 5) is 15.8. The number of carbonyl (C=O) groups is 1. The van der Waals surface area contributed by atoms with Crippen LogP contribution in [0.15, 0.2) is 35.2 Å². The number of hydrogen-bond donors (Lipinski definition) is 1. The quantitative estimate of drug-likeness (QED) is 0.665. The van der Waals surface area contributed by atoms with Crippen LogP contribution in [0.2, 0.25) is 0 Å². The van der Waals surface area contributed by atoms with Gasteiger partial charge in [-0.25, -0.2) is 0 Å². The lowest BCUT2D eigenvalue weighted by atomic mass is 10.1. The molecule has 1 N–H and O–H groups in total. The van der Waals surface area contributed by atoms with Crippen molar-refractivity contribution >= 4 is 17.7 Å². The molecule has 0 saturated heterocycles. The Labute approximate surface area is 139 Å². The molecule has 124 valence electrons. The Morgan fingerprint density at radius 2 is 1.82 bits per heavy atom. The van der Waals surface area contributed by atoms with Crippen molar-refractivity contribution in [2.75, 3.05) is 19.6 Å². The van der Waals surface area contributed by atoms with E-state index in [4.69, 9.17) is 0 Å². The molecule has 0 aliphatic heterocycles. The van der Waals surface area contributed by atoms with E-state index in [1.165, 1.54) is 0 Å². The summed E-state index contributed by atoms with van der Waals surface area (Å²) < 4.78 is 0. The SMILES string of the molecule is CCN(CC)CCC[C@H](C)NC(=O)[C@H](C)Sc1ccccc1. The highest BCUT2D eigenvalue weighted by Gasteiger charge is 2.16. The van der Waals surface area contributed by atoms with Gasteiger partial charge in [-0.15, -0.1) is 11.8 Å². The minimum atomic E-state index is -0.0624. The van der Waals surface area contributed by atoms with Crippen LogP contribution in [-0.2, 0) is 4.79 Å². The van der Waals surface area contributed by atoms with Crippen LogP contribution in [0.4, 0.5) is 0 Å². The smallest absolute Gasteiger partial charge is 0.233 e. The standard InChI is InChI=1S/C18H30N2OS/c1-5-20(6-2)14-10-11-15(3)19-18(21)16(4)22-17-12-8-7-9-13-17/h7-9,12-13,15-16H,5-6,10-11,14H2,1-4H3,(H,19,21)/t15-,16-/m0/s1. The van der Waals surface area contributed by atoms with Crippen molar-refractivity contribution in [3.05, 3.63) is 30.3 Å². The zero-order chi connectivity index (χ0) is 16.4. The average Bonchev–Trinajstić information content (AvgIpc) is 2.52. The lowest BCUT2D eigenvalue weighted by molar-refractivity contribution is -0.120. The maximum absolute atomic E-state index is 12.2. The van der Waals surface area contributed by atoms with Crippen molar-refractivity contribution in [3.63, 3.8) is 0 Å². The van der Waals surface area contributed by atoms with Gasteiger partial charge in [-0.05, 0) is 58.5 Å². The molecule has 22 heavy (non-hydrogen) atoms. The third kappa shape index (κ3) is 7.32. The molecule has 0 bridgehead atoms. The molecule has 0 radical (unpaired) electrons. The molecule has 3 nitrogen and oxygen atoms in total. The number of nitrogens with zero attached hydrogens (tertiary/aromatic N) is 1. The number of carbonyl (C=O) groups excluding carboxylic acids is 1. The Kier molecular flexibility index (Phi) is 9.25. The molecule has 0 saturated carbocycles. The first-order valence-corrected chi connectivity index (χ1v) is 9.19. The van der Waals surface area contributed by atoms with Crippen molar-refractivity contribution < 1.29 is 4.79 Å². The second-order valence-electron chi connectivity index (χ2n) is 5.65. The highest BCUT2D eigenvalue weighted by molar-refractivity contribution is 8.00. The van der Waals surface area contributed by atoms with Gasteiger partial charge in [0, 0.05) is 10.9 Å². The molecule has 1 rings (SSSR count). The monoisotopic (exact) mass is 322 g/mol. The first-order valence-electron chi connectivity index (χ1n) is 8.31. The minimum absolute atomic E-state index is 0.0624. The third-order valence-electron chi connectivity index (χ3n) is 3.82. The van der Waals surface area contributed by atoms with Crippen LogP contribution in [0.1, 0.15) is 40.5 Å². The van der Waals surface area contributed by atoms with Crippen LogP contribution in [0.5, 0.6) is 0 Å². The van der Waals surface area contributed by atoms with Crippen LogP contribution in [0.25, 0.3) is 0 Å². The van der Waals surface area contributed by atoms with Crippen molar-refractivity contribution in [3.8, 4) is 0 Å². The fourth-order valence-electron chi connectivity index (χ4n) is 2.35. The van der Waals surface area contributed by atoms with Crippen molar-refractivity contribution in [1.29, 1.82) is 0 Å². The maximum Gasteiger partial charge on any atom is 0.233 e. The second-order valence-corrected chi connectivity index (χ2v) is 7.07. The van der Waals surface area contributed by atoms with E-state index in [1.54, 1.807) is 11.8 Å². The predicted octanol–water partition coefficient (Wildman–Crippen LogP) is 3.79. The number of amides is 1. The molecule has 1 aromatic rings. The van der Waals surface area contributed by atoms with E-state index in [9.17, 15) is 4.79 Å². The summed E-state index contributed by atoms with van der Waals surface area (Å²) in [6, 6.07) is 10.3. The molecule has 0 unspecified atom stereocenters. The van der Waals surface area contributed by atoms with E-state index < -0.39 is 0 Å². The zero-order valence-corrected chi connectivity index (χ0v) is 15.2. The van der Waals surface area contributed by atoms with Gasteiger partial charge >= 0.3 is 0 Å². The van der Waals surface area contributed by atoms with Crippen molar-refractivity contribution in [2.24, 2.45) is 0 Å². The van der Waals surface area contributed by atoms with E-state index in [2.05, 4.69) is 31.0 Å². The predicted molar refractivity (Wildman–Crippen MR) is 96.4 cm³/mol. The second kappa shape index (κ2) is 10.7. The molecule has 0 fully saturated rings. The number of benzene rings is 1. The first-order chi connectivity index (χ1) is 10.6.